The summed E-state index contributed by atoms with van der Waals surface area (Å²) >= 11 is 0. The van der Waals surface area contributed by atoms with Crippen molar-refractivity contribution >= 4 is 11.6 Å². The van der Waals surface area contributed by atoms with Gasteiger partial charge in [-0.15, -0.1) is 0 Å². The molecule has 0 atom stereocenters. The zero-order chi connectivity index (χ0) is 14.5. The first-order valence-electron chi connectivity index (χ1n) is 6.70. The number of carbonyl (C=O) groups is 1. The summed E-state index contributed by atoms with van der Waals surface area (Å²) in [5, 5.41) is 2.76. The van der Waals surface area contributed by atoms with Gasteiger partial charge in [0.2, 0.25) is 5.91 Å². The molecular formula is C16H19N3O. The number of anilines is 1. The van der Waals surface area contributed by atoms with E-state index in [1.54, 1.807) is 0 Å². The number of nitrogens with one attached hydrogen (secondary N) is 1. The molecule has 4 heteroatoms. The van der Waals surface area contributed by atoms with Crippen LogP contribution in [0.15, 0.2) is 30.3 Å². The second-order valence-corrected chi connectivity index (χ2v) is 4.93. The van der Waals surface area contributed by atoms with Crippen LogP contribution < -0.4 is 5.32 Å². The summed E-state index contributed by atoms with van der Waals surface area (Å²) in [6, 6.07) is 9.94. The van der Waals surface area contributed by atoms with E-state index in [-0.39, 0.29) is 5.91 Å². The Bertz CT molecular complexity index is 585. The highest BCUT2D eigenvalue weighted by atomic mass is 16.1. The molecule has 0 fully saturated rings. The fourth-order valence-electron chi connectivity index (χ4n) is 2.15. The summed E-state index contributed by atoms with van der Waals surface area (Å²) in [6.45, 7) is 5.41. The molecule has 0 saturated heterocycles. The minimum Gasteiger partial charge on any atom is -0.326 e. The van der Waals surface area contributed by atoms with Gasteiger partial charge in [-0.05, 0) is 50.5 Å². The highest BCUT2D eigenvalue weighted by molar-refractivity contribution is 5.88. The minimum atomic E-state index is -0.0512. The van der Waals surface area contributed by atoms with Crippen molar-refractivity contribution in [1.29, 1.82) is 0 Å². The Morgan fingerprint density at radius 3 is 2.40 bits per heavy atom. The van der Waals surface area contributed by atoms with Gasteiger partial charge in [-0.2, -0.15) is 0 Å². The lowest BCUT2D eigenvalue weighted by Gasteiger charge is -2.06. The fraction of sp³-hybridized carbons (Fsp3) is 0.312. The average molecular weight is 269 g/mol. The Kier molecular flexibility index (Phi) is 4.45. The van der Waals surface area contributed by atoms with Crippen LogP contribution in [0.2, 0.25) is 0 Å². The molecule has 0 radical (unpaired) electrons. The van der Waals surface area contributed by atoms with Gasteiger partial charge in [-0.3, -0.25) is 4.79 Å². The van der Waals surface area contributed by atoms with Crippen molar-refractivity contribution in [2.45, 2.75) is 33.6 Å². The number of hydrogen-bond donors (Lipinski definition) is 1. The fourth-order valence-corrected chi connectivity index (χ4v) is 2.15. The molecule has 1 aromatic carbocycles. The zero-order valence-corrected chi connectivity index (χ0v) is 12.1. The van der Waals surface area contributed by atoms with Crippen molar-refractivity contribution in [2.75, 3.05) is 5.32 Å². The second-order valence-electron chi connectivity index (χ2n) is 4.93. The zero-order valence-electron chi connectivity index (χ0n) is 12.1. The first-order chi connectivity index (χ1) is 9.52. The number of carbonyl (C=O) groups excluding carboxylic acids is 1. The van der Waals surface area contributed by atoms with E-state index in [4.69, 9.17) is 0 Å². The third kappa shape index (κ3) is 4.16. The van der Waals surface area contributed by atoms with Gasteiger partial charge in [0.15, 0.2) is 0 Å². The lowest BCUT2D eigenvalue weighted by molar-refractivity contribution is -0.114. The van der Waals surface area contributed by atoms with E-state index in [2.05, 4.69) is 15.3 Å². The van der Waals surface area contributed by atoms with Gasteiger partial charge in [0.05, 0.1) is 0 Å². The van der Waals surface area contributed by atoms with Crippen LogP contribution in [0.4, 0.5) is 5.69 Å². The SMILES string of the molecule is CC(=O)Nc1ccc(CCc2cc(C)nc(C)n2)cc1. The molecule has 0 unspecified atom stereocenters. The quantitative estimate of drug-likeness (QED) is 0.928. The molecule has 2 rings (SSSR count). The molecule has 0 saturated carbocycles. The number of aromatic nitrogens is 2. The van der Waals surface area contributed by atoms with Crippen LogP contribution in [0, 0.1) is 13.8 Å². The van der Waals surface area contributed by atoms with Gasteiger partial charge in [-0.1, -0.05) is 12.1 Å². The third-order valence-corrected chi connectivity index (χ3v) is 2.96. The number of rotatable bonds is 4. The van der Waals surface area contributed by atoms with Crippen LogP contribution in [0.1, 0.15) is 29.7 Å². The maximum absolute atomic E-state index is 10.9. The van der Waals surface area contributed by atoms with Crippen molar-refractivity contribution < 1.29 is 4.79 Å². The molecule has 0 aliphatic rings. The predicted molar refractivity (Wildman–Crippen MR) is 79.7 cm³/mol. The summed E-state index contributed by atoms with van der Waals surface area (Å²) in [5.41, 5.74) is 4.14. The molecular weight excluding hydrogens is 250 g/mol. The Morgan fingerprint density at radius 1 is 1.10 bits per heavy atom. The summed E-state index contributed by atoms with van der Waals surface area (Å²) < 4.78 is 0. The summed E-state index contributed by atoms with van der Waals surface area (Å²) in [7, 11) is 0. The number of aryl methyl sites for hydroxylation is 4. The molecule has 1 amide bonds. The van der Waals surface area contributed by atoms with Gasteiger partial charge in [0.25, 0.3) is 0 Å². The molecule has 20 heavy (non-hydrogen) atoms. The van der Waals surface area contributed by atoms with Crippen LogP contribution in [0.5, 0.6) is 0 Å². The van der Waals surface area contributed by atoms with Crippen LogP contribution in [-0.4, -0.2) is 15.9 Å². The van der Waals surface area contributed by atoms with Gasteiger partial charge in [0.1, 0.15) is 5.82 Å². The van der Waals surface area contributed by atoms with Crippen molar-refractivity contribution in [3.8, 4) is 0 Å². The maximum Gasteiger partial charge on any atom is 0.221 e. The number of nitrogens with zero attached hydrogens (tertiary/aromatic N) is 2. The van der Waals surface area contributed by atoms with E-state index in [0.29, 0.717) is 0 Å². The molecule has 1 heterocycles. The normalized spacial score (nSPS) is 10.3. The van der Waals surface area contributed by atoms with Crippen LogP contribution in [0.25, 0.3) is 0 Å². The maximum atomic E-state index is 10.9. The lowest BCUT2D eigenvalue weighted by atomic mass is 10.1. The monoisotopic (exact) mass is 269 g/mol. The van der Waals surface area contributed by atoms with Gasteiger partial charge in [0, 0.05) is 24.0 Å². The Balaban J connectivity index is 1.98. The molecule has 1 N–H and O–H groups in total. The highest BCUT2D eigenvalue weighted by Crippen LogP contribution is 2.12. The van der Waals surface area contributed by atoms with E-state index in [1.807, 2.05) is 44.2 Å². The van der Waals surface area contributed by atoms with Crippen LogP contribution >= 0.6 is 0 Å². The third-order valence-electron chi connectivity index (χ3n) is 2.96. The molecule has 4 nitrogen and oxygen atoms in total. The van der Waals surface area contributed by atoms with E-state index in [0.717, 1.165) is 35.7 Å². The van der Waals surface area contributed by atoms with Gasteiger partial charge in [-0.25, -0.2) is 9.97 Å². The number of hydrogen-bond acceptors (Lipinski definition) is 3. The predicted octanol–water partition coefficient (Wildman–Crippen LogP) is 2.84. The standard InChI is InChI=1S/C16H19N3O/c1-11-10-16(18-12(2)17-11)9-6-14-4-7-15(8-5-14)19-13(3)20/h4-5,7-8,10H,6,9H2,1-3H3,(H,19,20). The van der Waals surface area contributed by atoms with E-state index in [1.165, 1.54) is 12.5 Å². The van der Waals surface area contributed by atoms with E-state index < -0.39 is 0 Å². The topological polar surface area (TPSA) is 54.9 Å². The number of benzene rings is 1. The minimum absolute atomic E-state index is 0.0512. The molecule has 0 bridgehead atoms. The Hall–Kier alpha value is -2.23. The van der Waals surface area contributed by atoms with Crippen LogP contribution in [-0.2, 0) is 17.6 Å². The molecule has 0 spiro atoms. The summed E-state index contributed by atoms with van der Waals surface area (Å²) in [5.74, 6) is 0.769. The lowest BCUT2D eigenvalue weighted by Crippen LogP contribution is -2.05. The van der Waals surface area contributed by atoms with Crippen molar-refractivity contribution in [2.24, 2.45) is 0 Å². The summed E-state index contributed by atoms with van der Waals surface area (Å²) in [6.07, 6.45) is 1.82. The first kappa shape index (κ1) is 14.2. The second kappa shape index (κ2) is 6.28. The van der Waals surface area contributed by atoms with Crippen molar-refractivity contribution in [3.63, 3.8) is 0 Å². The smallest absolute Gasteiger partial charge is 0.221 e. The molecule has 0 aliphatic carbocycles. The van der Waals surface area contributed by atoms with E-state index in [9.17, 15) is 4.79 Å². The molecule has 2 aromatic rings. The Morgan fingerprint density at radius 2 is 1.80 bits per heavy atom. The van der Waals surface area contributed by atoms with Crippen molar-refractivity contribution in [3.05, 3.63) is 53.1 Å². The van der Waals surface area contributed by atoms with Gasteiger partial charge >= 0.3 is 0 Å². The molecule has 1 aromatic heterocycles. The van der Waals surface area contributed by atoms with Crippen molar-refractivity contribution in [1.82, 2.24) is 9.97 Å². The van der Waals surface area contributed by atoms with Crippen LogP contribution in [0.3, 0.4) is 0 Å². The Labute approximate surface area is 119 Å². The van der Waals surface area contributed by atoms with Gasteiger partial charge < -0.3 is 5.32 Å². The largest absolute Gasteiger partial charge is 0.326 e. The molecule has 104 valence electrons. The molecule has 0 aliphatic heterocycles. The average Bonchev–Trinajstić information content (AvgIpc) is 2.36. The number of amides is 1. The summed E-state index contributed by atoms with van der Waals surface area (Å²) in [4.78, 5) is 19.7. The van der Waals surface area contributed by atoms with E-state index >= 15 is 0 Å². The first-order valence-corrected chi connectivity index (χ1v) is 6.70. The highest BCUT2D eigenvalue weighted by Gasteiger charge is 2.01.